The molecule has 2 aliphatic rings. The van der Waals surface area contributed by atoms with E-state index in [1.165, 1.54) is 16.8 Å². The van der Waals surface area contributed by atoms with Gasteiger partial charge in [0.25, 0.3) is 5.91 Å². The van der Waals surface area contributed by atoms with E-state index in [-0.39, 0.29) is 18.0 Å². The van der Waals surface area contributed by atoms with Crippen LogP contribution in [-0.2, 0) is 4.79 Å². The minimum atomic E-state index is -0.503. The lowest BCUT2D eigenvalue weighted by Gasteiger charge is -2.20. The highest BCUT2D eigenvalue weighted by atomic mass is 35.5. The van der Waals surface area contributed by atoms with E-state index in [4.69, 9.17) is 31.2 Å². The van der Waals surface area contributed by atoms with Gasteiger partial charge in [0.2, 0.25) is 5.17 Å². The molecule has 4 rings (SSSR count). The maximum Gasteiger partial charge on any atom is 0.283 e. The number of thioether (sulfide) groups is 1. The summed E-state index contributed by atoms with van der Waals surface area (Å²) in [5, 5.41) is 15.4. The van der Waals surface area contributed by atoms with Crippen LogP contribution in [0.4, 0.5) is 0 Å². The van der Waals surface area contributed by atoms with Crippen LogP contribution in [0.15, 0.2) is 46.0 Å². The Bertz CT molecular complexity index is 1290. The number of carbonyl (C=O) groups is 1. The smallest absolute Gasteiger partial charge is 0.283 e. The Morgan fingerprint density at radius 2 is 1.86 bits per heavy atom. The molecule has 0 unspecified atom stereocenters. The van der Waals surface area contributed by atoms with Crippen LogP contribution >= 0.6 is 23.4 Å². The largest absolute Gasteiger partial charge is 0.490 e. The zero-order chi connectivity index (χ0) is 25.1. The summed E-state index contributed by atoms with van der Waals surface area (Å²) in [5.41, 5.74) is 2.86. The molecule has 0 saturated heterocycles. The number of amides is 1. The van der Waals surface area contributed by atoms with Crippen molar-refractivity contribution in [3.63, 3.8) is 0 Å². The van der Waals surface area contributed by atoms with Crippen molar-refractivity contribution < 1.29 is 19.0 Å². The molecule has 8 nitrogen and oxygen atoms in total. The van der Waals surface area contributed by atoms with Crippen molar-refractivity contribution >= 4 is 51.4 Å². The molecule has 0 aliphatic carbocycles. The van der Waals surface area contributed by atoms with Gasteiger partial charge in [0, 0.05) is 0 Å². The fourth-order valence-electron chi connectivity index (χ4n) is 3.49. The maximum atomic E-state index is 12.6. The average Bonchev–Trinajstić information content (AvgIpc) is 3.18. The number of carbonyl (C=O) groups excluding carboxylic acids is 1. The van der Waals surface area contributed by atoms with E-state index in [0.29, 0.717) is 45.5 Å². The van der Waals surface area contributed by atoms with Gasteiger partial charge in [0.05, 0.1) is 22.2 Å². The number of aliphatic imine (C=N–C) groups is 1. The number of aryl methyl sites for hydroxylation is 2. The molecule has 0 radical (unpaired) electrons. The number of rotatable bonds is 8. The predicted octanol–water partition coefficient (Wildman–Crippen LogP) is 5.45. The lowest BCUT2D eigenvalue weighted by atomic mass is 10.1. The van der Waals surface area contributed by atoms with Gasteiger partial charge in [-0.25, -0.2) is 0 Å². The van der Waals surface area contributed by atoms with Crippen LogP contribution in [0.2, 0.25) is 5.02 Å². The van der Waals surface area contributed by atoms with Crippen LogP contribution in [-0.4, -0.2) is 46.8 Å². The van der Waals surface area contributed by atoms with Crippen LogP contribution < -0.4 is 14.2 Å². The fourth-order valence-corrected chi connectivity index (χ4v) is 4.49. The van der Waals surface area contributed by atoms with E-state index in [0.717, 1.165) is 16.9 Å². The first-order valence-corrected chi connectivity index (χ1v) is 12.2. The number of hydrazone groups is 1. The number of benzene rings is 2. The van der Waals surface area contributed by atoms with Crippen molar-refractivity contribution in [3.05, 3.63) is 57.6 Å². The number of hydrogen-bond acceptors (Lipinski definition) is 7. The maximum absolute atomic E-state index is 12.6. The Kier molecular flexibility index (Phi) is 7.47. The molecule has 1 amide bonds. The molecular weight excluding hydrogens is 488 g/mol. The number of amidine groups is 2. The van der Waals surface area contributed by atoms with Crippen molar-refractivity contribution in [3.8, 4) is 17.2 Å². The summed E-state index contributed by atoms with van der Waals surface area (Å²) in [5.74, 6) is 1.09. The molecule has 10 heteroatoms. The summed E-state index contributed by atoms with van der Waals surface area (Å²) in [6.07, 6.45) is 1.56. The summed E-state index contributed by atoms with van der Waals surface area (Å²) in [4.78, 5) is 16.6. The second-order valence-corrected chi connectivity index (χ2v) is 9.44. The highest BCUT2D eigenvalue weighted by Gasteiger charge is 2.34. The quantitative estimate of drug-likeness (QED) is 0.373. The minimum absolute atomic E-state index is 0.0395. The van der Waals surface area contributed by atoms with Crippen LogP contribution in [0.5, 0.6) is 17.2 Å². The molecule has 35 heavy (non-hydrogen) atoms. The molecular formula is C25H25ClN4O4S. The molecule has 0 bridgehead atoms. The second kappa shape index (κ2) is 10.5. The predicted molar refractivity (Wildman–Crippen MR) is 140 cm³/mol. The van der Waals surface area contributed by atoms with E-state index in [2.05, 4.69) is 10.1 Å². The van der Waals surface area contributed by atoms with Gasteiger partial charge < -0.3 is 14.2 Å². The molecule has 2 aliphatic heterocycles. The third-order valence-electron chi connectivity index (χ3n) is 5.13. The van der Waals surface area contributed by atoms with E-state index in [9.17, 15) is 4.79 Å². The van der Waals surface area contributed by atoms with Gasteiger partial charge in [-0.2, -0.15) is 15.1 Å². The van der Waals surface area contributed by atoms with Crippen LogP contribution in [0.1, 0.15) is 30.5 Å². The Morgan fingerprint density at radius 1 is 1.09 bits per heavy atom. The number of nitrogens with one attached hydrogen (secondary N) is 1. The van der Waals surface area contributed by atoms with Crippen LogP contribution in [0.3, 0.4) is 0 Å². The Labute approximate surface area is 213 Å². The van der Waals surface area contributed by atoms with Crippen LogP contribution in [0, 0.1) is 19.3 Å². The number of nitrogens with zero attached hydrogens (tertiary/aromatic N) is 3. The molecule has 2 heterocycles. The monoisotopic (exact) mass is 512 g/mol. The third-order valence-corrected chi connectivity index (χ3v) is 6.23. The minimum Gasteiger partial charge on any atom is -0.490 e. The normalized spacial score (nSPS) is 16.3. The standard InChI is InChI=1S/C25H25ClN4O4S/c1-5-32-21-13-17(11-18-23(27)30-25(28-24(18)31)35-16(4)29-30)12-19(26)22(21)34-9-8-33-20-10-14(2)6-7-15(20)3/h6-7,10-13,27H,5,8-9H2,1-4H3/b18-11+,27-23?. The first-order chi connectivity index (χ1) is 16.8. The van der Waals surface area contributed by atoms with E-state index >= 15 is 0 Å². The molecule has 0 spiro atoms. The van der Waals surface area contributed by atoms with E-state index < -0.39 is 5.91 Å². The number of fused-ring (bicyclic) bond motifs is 1. The zero-order valence-corrected chi connectivity index (χ0v) is 21.4. The van der Waals surface area contributed by atoms with Gasteiger partial charge in [0.1, 0.15) is 19.0 Å². The Morgan fingerprint density at radius 3 is 2.63 bits per heavy atom. The van der Waals surface area contributed by atoms with Crippen LogP contribution in [0.25, 0.3) is 6.08 Å². The van der Waals surface area contributed by atoms with E-state index in [1.54, 1.807) is 25.1 Å². The van der Waals surface area contributed by atoms with Gasteiger partial charge in [-0.05, 0) is 80.4 Å². The molecule has 2 aromatic rings. The number of hydrogen-bond donors (Lipinski definition) is 1. The van der Waals surface area contributed by atoms with Gasteiger partial charge in [-0.3, -0.25) is 10.2 Å². The van der Waals surface area contributed by atoms with Gasteiger partial charge in [-0.15, -0.1) is 0 Å². The summed E-state index contributed by atoms with van der Waals surface area (Å²) in [7, 11) is 0. The van der Waals surface area contributed by atoms with Crippen molar-refractivity contribution in [2.45, 2.75) is 27.7 Å². The molecule has 2 aromatic carbocycles. The molecule has 0 fully saturated rings. The summed E-state index contributed by atoms with van der Waals surface area (Å²) in [6, 6.07) is 9.42. The molecule has 0 saturated carbocycles. The third kappa shape index (κ3) is 5.52. The molecule has 182 valence electrons. The fraction of sp³-hybridized carbons (Fsp3) is 0.280. The highest BCUT2D eigenvalue weighted by Crippen LogP contribution is 2.38. The Hall–Kier alpha value is -3.30. The van der Waals surface area contributed by atoms with Crippen molar-refractivity contribution in [1.29, 1.82) is 5.41 Å². The average molecular weight is 513 g/mol. The number of ether oxygens (including phenoxy) is 3. The van der Waals surface area contributed by atoms with Gasteiger partial charge >= 0.3 is 0 Å². The van der Waals surface area contributed by atoms with Crippen molar-refractivity contribution in [2.75, 3.05) is 19.8 Å². The molecule has 0 aromatic heterocycles. The van der Waals surface area contributed by atoms with Gasteiger partial charge in [-0.1, -0.05) is 23.7 Å². The van der Waals surface area contributed by atoms with Crippen molar-refractivity contribution in [1.82, 2.24) is 5.01 Å². The molecule has 0 atom stereocenters. The second-order valence-electron chi connectivity index (χ2n) is 7.87. The lowest BCUT2D eigenvalue weighted by Crippen LogP contribution is -2.35. The first-order valence-electron chi connectivity index (χ1n) is 11.0. The SMILES string of the molecule is CCOc1cc(/C=C2\C(=N)N3N=C(C)SC3=NC2=O)cc(Cl)c1OCCOc1cc(C)ccc1C. The summed E-state index contributed by atoms with van der Waals surface area (Å²) < 4.78 is 17.5. The highest BCUT2D eigenvalue weighted by molar-refractivity contribution is 8.26. The zero-order valence-electron chi connectivity index (χ0n) is 19.8. The first kappa shape index (κ1) is 24.8. The van der Waals surface area contributed by atoms with Crippen molar-refractivity contribution in [2.24, 2.45) is 10.1 Å². The topological polar surface area (TPSA) is 96.6 Å². The number of halogens is 1. The van der Waals surface area contributed by atoms with E-state index in [1.807, 2.05) is 39.0 Å². The Balaban J connectivity index is 1.52. The summed E-state index contributed by atoms with van der Waals surface area (Å²) in [6.45, 7) is 8.65. The molecule has 1 N–H and O–H groups in total. The lowest BCUT2D eigenvalue weighted by molar-refractivity contribution is -0.114. The summed E-state index contributed by atoms with van der Waals surface area (Å²) >= 11 is 7.79. The van der Waals surface area contributed by atoms with Gasteiger partial charge in [0.15, 0.2) is 17.3 Å².